The van der Waals surface area contributed by atoms with Gasteiger partial charge in [0.25, 0.3) is 0 Å². The van der Waals surface area contributed by atoms with E-state index in [1.54, 1.807) is 13.2 Å². The Kier molecular flexibility index (Phi) is 3.84. The molecule has 3 heteroatoms. The summed E-state index contributed by atoms with van der Waals surface area (Å²) in [5, 5.41) is 0.725. The molecule has 0 amide bonds. The highest BCUT2D eigenvalue weighted by Crippen LogP contribution is 2.20. The van der Waals surface area contributed by atoms with Crippen molar-refractivity contribution in [1.29, 1.82) is 0 Å². The Hall–Kier alpha value is -2.39. The van der Waals surface area contributed by atoms with Crippen LogP contribution in [0.1, 0.15) is 5.56 Å². The summed E-state index contributed by atoms with van der Waals surface area (Å²) in [5.74, 6) is 0. The lowest BCUT2D eigenvalue weighted by Gasteiger charge is -2.09. The van der Waals surface area contributed by atoms with Crippen LogP contribution < -0.4 is 5.43 Å². The molecule has 3 rings (SSSR count). The second-order valence-electron chi connectivity index (χ2n) is 5.00. The third kappa shape index (κ3) is 2.73. The van der Waals surface area contributed by atoms with Gasteiger partial charge in [0.15, 0.2) is 5.43 Å². The maximum atomic E-state index is 12.3. The number of H-pyrrole nitrogens is 1. The van der Waals surface area contributed by atoms with E-state index in [0.29, 0.717) is 6.61 Å². The van der Waals surface area contributed by atoms with Crippen LogP contribution in [-0.2, 0) is 11.2 Å². The van der Waals surface area contributed by atoms with E-state index in [4.69, 9.17) is 4.74 Å². The van der Waals surface area contributed by atoms with E-state index in [2.05, 4.69) is 4.98 Å². The van der Waals surface area contributed by atoms with Gasteiger partial charge in [0.2, 0.25) is 0 Å². The van der Waals surface area contributed by atoms with Gasteiger partial charge >= 0.3 is 0 Å². The highest BCUT2D eigenvalue weighted by Gasteiger charge is 2.07. The first-order valence-corrected chi connectivity index (χ1v) is 6.99. The van der Waals surface area contributed by atoms with Crippen molar-refractivity contribution in [3.05, 3.63) is 70.4 Å². The minimum Gasteiger partial charge on any atom is -0.384 e. The largest absolute Gasteiger partial charge is 0.384 e. The molecule has 0 bridgehead atoms. The normalized spacial score (nSPS) is 10.9. The van der Waals surface area contributed by atoms with Gasteiger partial charge in [0, 0.05) is 24.3 Å². The zero-order chi connectivity index (χ0) is 14.7. The second kappa shape index (κ2) is 5.94. The Bertz CT molecular complexity index is 806. The molecule has 0 aliphatic rings. The van der Waals surface area contributed by atoms with E-state index in [-0.39, 0.29) is 5.43 Å². The quantitative estimate of drug-likeness (QED) is 0.795. The molecule has 3 nitrogen and oxygen atoms in total. The second-order valence-corrected chi connectivity index (χ2v) is 5.00. The molecular weight excluding hydrogens is 262 g/mol. The summed E-state index contributed by atoms with van der Waals surface area (Å²) in [4.78, 5) is 15.8. The Balaban J connectivity index is 2.19. The average molecular weight is 279 g/mol. The van der Waals surface area contributed by atoms with Gasteiger partial charge in [-0.05, 0) is 23.6 Å². The van der Waals surface area contributed by atoms with E-state index < -0.39 is 0 Å². The third-order valence-corrected chi connectivity index (χ3v) is 3.61. The van der Waals surface area contributed by atoms with Crippen molar-refractivity contribution in [1.82, 2.24) is 4.98 Å². The van der Waals surface area contributed by atoms with Gasteiger partial charge < -0.3 is 9.72 Å². The van der Waals surface area contributed by atoms with Gasteiger partial charge in [-0.15, -0.1) is 0 Å². The number of pyridine rings is 1. The molecule has 0 fully saturated rings. The van der Waals surface area contributed by atoms with E-state index in [9.17, 15) is 4.79 Å². The van der Waals surface area contributed by atoms with Gasteiger partial charge in [0.05, 0.1) is 12.1 Å². The number of aromatic amines is 1. The zero-order valence-electron chi connectivity index (χ0n) is 11.9. The molecule has 0 radical (unpaired) electrons. The van der Waals surface area contributed by atoms with Crippen molar-refractivity contribution >= 4 is 10.9 Å². The maximum absolute atomic E-state index is 12.3. The number of ether oxygens (including phenoxy) is 1. The molecule has 0 saturated heterocycles. The molecule has 1 N–H and O–H groups in total. The molecule has 3 aromatic rings. The minimum absolute atomic E-state index is 0.0434. The molecule has 0 saturated carbocycles. The summed E-state index contributed by atoms with van der Waals surface area (Å²) in [6.07, 6.45) is 0.780. The topological polar surface area (TPSA) is 42.1 Å². The number of para-hydroxylation sites is 1. The predicted octanol–water partition coefficient (Wildman–Crippen LogP) is 3.38. The van der Waals surface area contributed by atoms with Gasteiger partial charge in [0.1, 0.15) is 0 Å². The lowest BCUT2D eigenvalue weighted by Crippen LogP contribution is -2.06. The Morgan fingerprint density at radius 2 is 1.86 bits per heavy atom. The van der Waals surface area contributed by atoms with Crippen molar-refractivity contribution in [2.45, 2.75) is 6.42 Å². The van der Waals surface area contributed by atoms with Crippen molar-refractivity contribution in [2.75, 3.05) is 13.7 Å². The highest BCUT2D eigenvalue weighted by atomic mass is 16.5. The number of benzene rings is 2. The molecule has 106 valence electrons. The van der Waals surface area contributed by atoms with E-state index >= 15 is 0 Å². The van der Waals surface area contributed by atoms with Crippen LogP contribution in [-0.4, -0.2) is 18.7 Å². The summed E-state index contributed by atoms with van der Waals surface area (Å²) >= 11 is 0. The SMILES string of the molecule is COCCc1cccc2c(=O)cc(-c3ccccc3)[nH]c12. The van der Waals surface area contributed by atoms with E-state index in [0.717, 1.165) is 34.1 Å². The number of hydrogen-bond acceptors (Lipinski definition) is 2. The van der Waals surface area contributed by atoms with Gasteiger partial charge in [-0.2, -0.15) is 0 Å². The van der Waals surface area contributed by atoms with Crippen LogP contribution in [0.2, 0.25) is 0 Å². The minimum atomic E-state index is 0.0434. The van der Waals surface area contributed by atoms with Crippen LogP contribution in [0.3, 0.4) is 0 Å². The van der Waals surface area contributed by atoms with Gasteiger partial charge in [-0.3, -0.25) is 4.79 Å². The predicted molar refractivity (Wildman–Crippen MR) is 85.6 cm³/mol. The summed E-state index contributed by atoms with van der Waals surface area (Å²) in [7, 11) is 1.68. The monoisotopic (exact) mass is 279 g/mol. The van der Waals surface area contributed by atoms with E-state index in [1.807, 2.05) is 48.5 Å². The van der Waals surface area contributed by atoms with Gasteiger partial charge in [-0.25, -0.2) is 0 Å². The Morgan fingerprint density at radius 3 is 2.62 bits per heavy atom. The highest BCUT2D eigenvalue weighted by molar-refractivity contribution is 5.84. The van der Waals surface area contributed by atoms with Crippen molar-refractivity contribution in [3.63, 3.8) is 0 Å². The number of methoxy groups -OCH3 is 1. The fourth-order valence-electron chi connectivity index (χ4n) is 2.53. The number of rotatable bonds is 4. The molecular formula is C18H17NO2. The van der Waals surface area contributed by atoms with E-state index in [1.165, 1.54) is 0 Å². The summed E-state index contributed by atoms with van der Waals surface area (Å²) in [5.41, 5.74) is 3.91. The van der Waals surface area contributed by atoms with Crippen molar-refractivity contribution in [3.8, 4) is 11.3 Å². The van der Waals surface area contributed by atoms with Crippen LogP contribution in [0.25, 0.3) is 22.2 Å². The summed E-state index contributed by atoms with van der Waals surface area (Å²) in [6, 6.07) is 17.4. The zero-order valence-corrected chi connectivity index (χ0v) is 11.9. The lowest BCUT2D eigenvalue weighted by atomic mass is 10.0. The molecule has 0 aliphatic carbocycles. The molecule has 0 spiro atoms. The molecule has 21 heavy (non-hydrogen) atoms. The standard InChI is InChI=1S/C18H17NO2/c1-21-11-10-14-8-5-9-15-17(20)12-16(19-18(14)15)13-6-3-2-4-7-13/h2-9,12H,10-11H2,1H3,(H,19,20). The number of fused-ring (bicyclic) bond motifs is 1. The fourth-order valence-corrected chi connectivity index (χ4v) is 2.53. The van der Waals surface area contributed by atoms with Crippen LogP contribution >= 0.6 is 0 Å². The first kappa shape index (κ1) is 13.6. The smallest absolute Gasteiger partial charge is 0.190 e. The first-order valence-electron chi connectivity index (χ1n) is 6.99. The fraction of sp³-hybridized carbons (Fsp3) is 0.167. The number of hydrogen-bond donors (Lipinski definition) is 1. The Morgan fingerprint density at radius 1 is 1.05 bits per heavy atom. The number of nitrogens with one attached hydrogen (secondary N) is 1. The lowest BCUT2D eigenvalue weighted by molar-refractivity contribution is 0.202. The molecule has 0 atom stereocenters. The van der Waals surface area contributed by atoms with Gasteiger partial charge in [-0.1, -0.05) is 42.5 Å². The Labute approximate surface area is 123 Å². The summed E-state index contributed by atoms with van der Waals surface area (Å²) in [6.45, 7) is 0.636. The van der Waals surface area contributed by atoms with Crippen LogP contribution in [0, 0.1) is 0 Å². The molecule has 1 aromatic heterocycles. The van der Waals surface area contributed by atoms with Crippen molar-refractivity contribution in [2.24, 2.45) is 0 Å². The van der Waals surface area contributed by atoms with Crippen LogP contribution in [0.15, 0.2) is 59.4 Å². The molecule has 0 unspecified atom stereocenters. The third-order valence-electron chi connectivity index (χ3n) is 3.61. The summed E-state index contributed by atoms with van der Waals surface area (Å²) < 4.78 is 5.15. The average Bonchev–Trinajstić information content (AvgIpc) is 2.54. The molecule has 2 aromatic carbocycles. The van der Waals surface area contributed by atoms with Crippen LogP contribution in [0.5, 0.6) is 0 Å². The molecule has 0 aliphatic heterocycles. The number of aromatic nitrogens is 1. The van der Waals surface area contributed by atoms with Crippen LogP contribution in [0.4, 0.5) is 0 Å². The van der Waals surface area contributed by atoms with Crippen molar-refractivity contribution < 1.29 is 4.74 Å². The first-order chi connectivity index (χ1) is 10.3. The molecule has 1 heterocycles. The maximum Gasteiger partial charge on any atom is 0.190 e.